The number of nitrogens with zero attached hydrogens (tertiary/aromatic N) is 3. The van der Waals surface area contributed by atoms with Crippen molar-refractivity contribution in [1.82, 2.24) is 25.5 Å². The molecule has 7 nitrogen and oxygen atoms in total. The van der Waals surface area contributed by atoms with Crippen LogP contribution in [0.15, 0.2) is 6.33 Å². The zero-order valence-electron chi connectivity index (χ0n) is 9.05. The standard InChI is InChI=1S/C9H12ClN5O2/c1-11-2-4(16)7(17)6-5-8(10)12-3-13-9(5)15-14-6/h3-4,7,11,16-17H,2H2,1H3,(H,12,13,14,15). The third-order valence-corrected chi connectivity index (χ3v) is 2.69. The van der Waals surface area contributed by atoms with Gasteiger partial charge in [-0.05, 0) is 7.05 Å². The summed E-state index contributed by atoms with van der Waals surface area (Å²) in [6, 6.07) is 0. The Hall–Kier alpha value is -1.28. The van der Waals surface area contributed by atoms with Crippen molar-refractivity contribution in [2.45, 2.75) is 12.2 Å². The molecule has 0 saturated carbocycles. The summed E-state index contributed by atoms with van der Waals surface area (Å²) in [5.74, 6) is 0. The molecule has 8 heteroatoms. The van der Waals surface area contributed by atoms with Crippen molar-refractivity contribution in [2.24, 2.45) is 0 Å². The van der Waals surface area contributed by atoms with Gasteiger partial charge in [-0.15, -0.1) is 0 Å². The Kier molecular flexibility index (Phi) is 3.53. The maximum absolute atomic E-state index is 9.96. The normalized spacial score (nSPS) is 15.1. The molecule has 0 amide bonds. The number of aromatic nitrogens is 4. The van der Waals surface area contributed by atoms with Gasteiger partial charge in [-0.2, -0.15) is 5.10 Å². The summed E-state index contributed by atoms with van der Waals surface area (Å²) in [5.41, 5.74) is 0.670. The van der Waals surface area contributed by atoms with Crippen LogP contribution in [0.3, 0.4) is 0 Å². The highest BCUT2D eigenvalue weighted by molar-refractivity contribution is 6.34. The molecule has 2 aromatic rings. The zero-order valence-corrected chi connectivity index (χ0v) is 9.81. The van der Waals surface area contributed by atoms with Gasteiger partial charge in [0, 0.05) is 6.54 Å². The van der Waals surface area contributed by atoms with E-state index in [1.54, 1.807) is 7.05 Å². The van der Waals surface area contributed by atoms with E-state index in [0.29, 0.717) is 16.7 Å². The average molecular weight is 258 g/mol. The Morgan fingerprint density at radius 2 is 2.24 bits per heavy atom. The summed E-state index contributed by atoms with van der Waals surface area (Å²) < 4.78 is 0. The molecule has 0 aliphatic rings. The van der Waals surface area contributed by atoms with Crippen LogP contribution in [0.5, 0.6) is 0 Å². The van der Waals surface area contributed by atoms with Gasteiger partial charge in [-0.25, -0.2) is 9.97 Å². The fraction of sp³-hybridized carbons (Fsp3) is 0.444. The largest absolute Gasteiger partial charge is 0.389 e. The van der Waals surface area contributed by atoms with Crippen molar-refractivity contribution in [1.29, 1.82) is 0 Å². The van der Waals surface area contributed by atoms with Crippen LogP contribution < -0.4 is 5.32 Å². The highest BCUT2D eigenvalue weighted by atomic mass is 35.5. The lowest BCUT2D eigenvalue weighted by Gasteiger charge is -2.16. The number of aliphatic hydroxyl groups excluding tert-OH is 2. The van der Waals surface area contributed by atoms with E-state index < -0.39 is 12.2 Å². The SMILES string of the molecule is CNCC(O)C(O)c1[nH]nc2ncnc(Cl)c12. The summed E-state index contributed by atoms with van der Waals surface area (Å²) in [4.78, 5) is 7.72. The summed E-state index contributed by atoms with van der Waals surface area (Å²) in [6.45, 7) is 0.243. The maximum Gasteiger partial charge on any atom is 0.185 e. The molecule has 92 valence electrons. The molecule has 0 fully saturated rings. The minimum atomic E-state index is -1.13. The Morgan fingerprint density at radius 1 is 1.47 bits per heavy atom. The monoisotopic (exact) mass is 257 g/mol. The molecule has 2 atom stereocenters. The van der Waals surface area contributed by atoms with Crippen LogP contribution in [0.25, 0.3) is 11.0 Å². The number of rotatable bonds is 4. The van der Waals surface area contributed by atoms with Crippen molar-refractivity contribution < 1.29 is 10.2 Å². The Balaban J connectivity index is 2.42. The van der Waals surface area contributed by atoms with E-state index in [4.69, 9.17) is 11.6 Å². The van der Waals surface area contributed by atoms with Gasteiger partial charge in [0.2, 0.25) is 0 Å². The van der Waals surface area contributed by atoms with E-state index in [0.717, 1.165) is 0 Å². The molecule has 17 heavy (non-hydrogen) atoms. The first-order chi connectivity index (χ1) is 8.15. The van der Waals surface area contributed by atoms with Crippen LogP contribution in [0.2, 0.25) is 5.15 Å². The first kappa shape index (κ1) is 12.2. The number of fused-ring (bicyclic) bond motifs is 1. The van der Waals surface area contributed by atoms with E-state index in [1.807, 2.05) is 0 Å². The minimum Gasteiger partial charge on any atom is -0.389 e. The maximum atomic E-state index is 9.96. The third-order valence-electron chi connectivity index (χ3n) is 2.41. The molecule has 4 N–H and O–H groups in total. The van der Waals surface area contributed by atoms with Gasteiger partial charge in [-0.3, -0.25) is 5.10 Å². The molecule has 2 rings (SSSR count). The van der Waals surface area contributed by atoms with Crippen LogP contribution in [0, 0.1) is 0 Å². The van der Waals surface area contributed by atoms with E-state index in [-0.39, 0.29) is 11.7 Å². The van der Waals surface area contributed by atoms with Crippen molar-refractivity contribution in [3.63, 3.8) is 0 Å². The smallest absolute Gasteiger partial charge is 0.185 e. The first-order valence-electron chi connectivity index (χ1n) is 5.00. The van der Waals surface area contributed by atoms with Gasteiger partial charge in [0.15, 0.2) is 5.65 Å². The lowest BCUT2D eigenvalue weighted by Crippen LogP contribution is -2.29. The molecule has 0 spiro atoms. The van der Waals surface area contributed by atoms with Gasteiger partial charge in [0.25, 0.3) is 0 Å². The van der Waals surface area contributed by atoms with Gasteiger partial charge in [0.05, 0.1) is 17.2 Å². The molecule has 0 aliphatic carbocycles. The van der Waals surface area contributed by atoms with Gasteiger partial charge in [-0.1, -0.05) is 11.6 Å². The Bertz CT molecular complexity index is 517. The molecule has 2 aromatic heterocycles. The van der Waals surface area contributed by atoms with Crippen LogP contribution in [0.4, 0.5) is 0 Å². The molecule has 2 heterocycles. The zero-order chi connectivity index (χ0) is 12.4. The minimum absolute atomic E-state index is 0.189. The Morgan fingerprint density at radius 3 is 2.94 bits per heavy atom. The molecular weight excluding hydrogens is 246 g/mol. The summed E-state index contributed by atoms with van der Waals surface area (Å²) in [7, 11) is 1.68. The predicted molar refractivity (Wildman–Crippen MR) is 61.6 cm³/mol. The number of aliphatic hydroxyl groups is 2. The van der Waals surface area contributed by atoms with Crippen molar-refractivity contribution in [3.8, 4) is 0 Å². The van der Waals surface area contributed by atoms with E-state index in [1.165, 1.54) is 6.33 Å². The summed E-state index contributed by atoms with van der Waals surface area (Å²) >= 11 is 5.91. The van der Waals surface area contributed by atoms with Crippen LogP contribution in [-0.2, 0) is 0 Å². The highest BCUT2D eigenvalue weighted by Crippen LogP contribution is 2.27. The number of nitrogens with one attached hydrogen (secondary N) is 2. The number of hydrogen-bond donors (Lipinski definition) is 4. The van der Waals surface area contributed by atoms with Crippen LogP contribution >= 0.6 is 11.6 Å². The lowest BCUT2D eigenvalue weighted by molar-refractivity contribution is 0.0185. The number of H-pyrrole nitrogens is 1. The summed E-state index contributed by atoms with van der Waals surface area (Å²) in [6.07, 6.45) is -0.818. The number of aromatic amines is 1. The third kappa shape index (κ3) is 2.22. The molecule has 0 radical (unpaired) electrons. The van der Waals surface area contributed by atoms with Crippen molar-refractivity contribution in [3.05, 3.63) is 17.2 Å². The summed E-state index contributed by atoms with van der Waals surface area (Å²) in [5, 5.41) is 29.5. The number of hydrogen-bond acceptors (Lipinski definition) is 6. The first-order valence-corrected chi connectivity index (χ1v) is 5.38. The fourth-order valence-corrected chi connectivity index (χ4v) is 1.80. The molecule has 0 aliphatic heterocycles. The second kappa shape index (κ2) is 4.92. The highest BCUT2D eigenvalue weighted by Gasteiger charge is 2.24. The lowest BCUT2D eigenvalue weighted by atomic mass is 10.1. The quantitative estimate of drug-likeness (QED) is 0.556. The van der Waals surface area contributed by atoms with E-state index in [2.05, 4.69) is 25.5 Å². The molecule has 0 bridgehead atoms. The van der Waals surface area contributed by atoms with Crippen LogP contribution in [-0.4, -0.2) is 50.1 Å². The number of likely N-dealkylation sites (N-methyl/N-ethyl adjacent to an activating group) is 1. The molecular formula is C9H12ClN5O2. The topological polar surface area (TPSA) is 107 Å². The van der Waals surface area contributed by atoms with Gasteiger partial charge < -0.3 is 15.5 Å². The van der Waals surface area contributed by atoms with Crippen molar-refractivity contribution >= 4 is 22.6 Å². The fourth-order valence-electron chi connectivity index (χ4n) is 1.57. The van der Waals surface area contributed by atoms with Gasteiger partial charge in [0.1, 0.15) is 17.6 Å². The molecule has 0 aromatic carbocycles. The van der Waals surface area contributed by atoms with Gasteiger partial charge >= 0.3 is 0 Å². The average Bonchev–Trinajstić information content (AvgIpc) is 2.73. The molecule has 0 saturated heterocycles. The molecule has 2 unspecified atom stereocenters. The Labute approximate surface area is 102 Å². The second-order valence-electron chi connectivity index (χ2n) is 3.57. The number of halogens is 1. The van der Waals surface area contributed by atoms with Crippen LogP contribution in [0.1, 0.15) is 11.8 Å². The van der Waals surface area contributed by atoms with Crippen molar-refractivity contribution in [2.75, 3.05) is 13.6 Å². The second-order valence-corrected chi connectivity index (χ2v) is 3.93. The predicted octanol–water partition coefficient (Wildman–Crippen LogP) is -0.380. The van der Waals surface area contributed by atoms with E-state index in [9.17, 15) is 10.2 Å². The van der Waals surface area contributed by atoms with E-state index >= 15 is 0 Å².